The van der Waals surface area contributed by atoms with Gasteiger partial charge in [0.1, 0.15) is 0 Å². The Balaban J connectivity index is 0.000000608. The second-order valence-corrected chi connectivity index (χ2v) is 23.2. The van der Waals surface area contributed by atoms with Crippen molar-refractivity contribution in [1.29, 1.82) is 0 Å². The molecule has 0 amide bonds. The van der Waals surface area contributed by atoms with Crippen molar-refractivity contribution < 1.29 is 44.8 Å². The summed E-state index contributed by atoms with van der Waals surface area (Å²) in [5, 5.41) is 1.74. The SMILES string of the molecule is [Au+3].[Au].[CH2-]P([CH2-])(Br)(c1ccccc1)c1ccccc1.[CH2-]P([CH2-])(Cl)(c1ccccc1)c1ccccc1.[CH3-]. The van der Waals surface area contributed by atoms with Crippen molar-refractivity contribution in [3.05, 3.63) is 155 Å². The van der Waals surface area contributed by atoms with Gasteiger partial charge in [0.25, 0.3) is 0 Å². The number of benzene rings is 4. The molecule has 1 radical (unpaired) electrons. The van der Waals surface area contributed by atoms with Crippen molar-refractivity contribution in [2.45, 2.75) is 0 Å². The van der Waals surface area contributed by atoms with Gasteiger partial charge in [-0.2, -0.15) is 0 Å². The summed E-state index contributed by atoms with van der Waals surface area (Å²) < 4.78 is 0. The third kappa shape index (κ3) is 8.50. The smallest absolute Gasteiger partial charge is 0.358 e. The van der Waals surface area contributed by atoms with Gasteiger partial charge in [0.05, 0.1) is 0 Å². The minimum atomic E-state index is -2.96. The Morgan fingerprint density at radius 3 is 0.914 bits per heavy atom. The molecule has 0 aliphatic carbocycles. The maximum atomic E-state index is 6.75. The molecule has 0 unspecified atom stereocenters. The Morgan fingerprint density at radius 1 is 0.486 bits per heavy atom. The molecule has 4 aromatic rings. The summed E-state index contributed by atoms with van der Waals surface area (Å²) in [6.45, 7) is 17.2. The van der Waals surface area contributed by atoms with Gasteiger partial charge in [0.15, 0.2) is 0 Å². The van der Waals surface area contributed by atoms with E-state index in [0.717, 1.165) is 10.6 Å². The maximum absolute atomic E-state index is 6.75. The number of hydrogen-bond acceptors (Lipinski definition) is 0. The number of hydrogen-bond donors (Lipinski definition) is 0. The Kier molecular flexibility index (Phi) is 13.7. The fraction of sp³-hybridized carbons (Fsp3) is 0. The molecule has 0 saturated heterocycles. The van der Waals surface area contributed by atoms with E-state index in [1.54, 1.807) is 0 Å². The summed E-state index contributed by atoms with van der Waals surface area (Å²) >= 11 is 10.6. The van der Waals surface area contributed by atoms with E-state index >= 15 is 0 Å². The van der Waals surface area contributed by atoms with Crippen LogP contribution in [0.1, 0.15) is 0 Å². The zero-order valence-electron chi connectivity index (χ0n) is 19.6. The second-order valence-electron chi connectivity index (χ2n) is 8.09. The molecule has 0 spiro atoms. The molecule has 195 valence electrons. The molecular formula is C29H31Au2BrClP2-2. The molecule has 6 heteroatoms. The monoisotopic (exact) mass is 949 g/mol. The number of halogens is 2. The molecule has 0 fully saturated rings. The number of rotatable bonds is 4. The average molecular weight is 951 g/mol. The van der Waals surface area contributed by atoms with Crippen LogP contribution in [0.25, 0.3) is 0 Å². The maximum Gasteiger partial charge on any atom is -0.358 e. The van der Waals surface area contributed by atoms with Gasteiger partial charge in [0.2, 0.25) is 0 Å². The predicted octanol–water partition coefficient (Wildman–Crippen LogP) is 8.46. The van der Waals surface area contributed by atoms with Crippen LogP contribution in [-0.2, 0) is 44.8 Å². The van der Waals surface area contributed by atoms with E-state index in [4.69, 9.17) is 11.2 Å². The standard InChI is InChI=1S/C14H14BrP.C14H14ClP.CH3.2Au/c2*1-16(2,15,13-9-5-3-6-10-13)14-11-7-4-8-12-14;;;/h2*3-12H,1-2H2;1H3;;/q2*-2;-1;;+3. The van der Waals surface area contributed by atoms with Crippen LogP contribution in [-0.4, -0.2) is 0 Å². The summed E-state index contributed by atoms with van der Waals surface area (Å²) in [4.78, 5) is 0. The van der Waals surface area contributed by atoms with E-state index in [2.05, 4.69) is 66.4 Å². The van der Waals surface area contributed by atoms with Gasteiger partial charge in [-0.25, -0.2) is 0 Å². The van der Waals surface area contributed by atoms with Crippen LogP contribution in [0.2, 0.25) is 0 Å². The zero-order chi connectivity index (χ0) is 23.3. The molecule has 0 aliphatic heterocycles. The van der Waals surface area contributed by atoms with Crippen LogP contribution >= 0.6 is 38.0 Å². The van der Waals surface area contributed by atoms with Crippen molar-refractivity contribution in [2.75, 3.05) is 0 Å². The molecule has 0 aliphatic rings. The Hall–Kier alpha value is -0.00948. The molecule has 0 aromatic heterocycles. The minimum Gasteiger partial charge on any atom is -0.358 e. The van der Waals surface area contributed by atoms with Gasteiger partial charge in [-0.1, -0.05) is 0 Å². The van der Waals surface area contributed by atoms with Crippen LogP contribution in [0.5, 0.6) is 0 Å². The zero-order valence-corrected chi connectivity index (χ0v) is 28.1. The van der Waals surface area contributed by atoms with Gasteiger partial charge < -0.3 is 7.43 Å². The first-order chi connectivity index (χ1) is 15.0. The Labute approximate surface area is 257 Å². The van der Waals surface area contributed by atoms with Crippen LogP contribution in [0.15, 0.2) is 121 Å². The molecule has 4 aromatic carbocycles. The van der Waals surface area contributed by atoms with Crippen LogP contribution < -0.4 is 21.2 Å². The van der Waals surface area contributed by atoms with E-state index in [0.29, 0.717) is 0 Å². The van der Waals surface area contributed by atoms with Crippen molar-refractivity contribution in [1.82, 2.24) is 0 Å². The quantitative estimate of drug-likeness (QED) is 0.110. The van der Waals surface area contributed by atoms with Gasteiger partial charge in [-0.3, -0.25) is 0 Å². The predicted molar refractivity (Wildman–Crippen MR) is 161 cm³/mol. The molecule has 0 atom stereocenters. The van der Waals surface area contributed by atoms with E-state index in [1.807, 2.05) is 97.1 Å². The molecule has 4 rings (SSSR count). The van der Waals surface area contributed by atoms with Crippen molar-refractivity contribution in [2.24, 2.45) is 0 Å². The average Bonchev–Trinajstić information content (AvgIpc) is 2.81. The first-order valence-corrected chi connectivity index (χ1v) is 18.3. The van der Waals surface area contributed by atoms with E-state index in [-0.39, 0.29) is 52.2 Å². The fourth-order valence-corrected chi connectivity index (χ4v) is 9.49. The molecule has 0 nitrogen and oxygen atoms in total. The summed E-state index contributed by atoms with van der Waals surface area (Å²) in [5.41, 5.74) is 0. The van der Waals surface area contributed by atoms with Crippen molar-refractivity contribution in [3.63, 3.8) is 0 Å². The van der Waals surface area contributed by atoms with Gasteiger partial charge in [0, 0.05) is 22.4 Å². The Morgan fingerprint density at radius 2 is 0.686 bits per heavy atom. The van der Waals surface area contributed by atoms with Gasteiger partial charge >= 0.3 is 230 Å². The molecule has 0 heterocycles. The molecule has 35 heavy (non-hydrogen) atoms. The van der Waals surface area contributed by atoms with Gasteiger partial charge in [-0.05, 0) is 0 Å². The van der Waals surface area contributed by atoms with Gasteiger partial charge in [-0.15, -0.1) is 0 Å². The topological polar surface area (TPSA) is 0 Å². The fourth-order valence-electron chi connectivity index (χ4n) is 3.38. The summed E-state index contributed by atoms with van der Waals surface area (Å²) in [6.07, 6.45) is 0. The minimum absolute atomic E-state index is 0. The van der Waals surface area contributed by atoms with E-state index in [9.17, 15) is 0 Å². The van der Waals surface area contributed by atoms with Crippen LogP contribution in [0, 0.1) is 34.1 Å². The van der Waals surface area contributed by atoms with Crippen LogP contribution in [0.3, 0.4) is 0 Å². The normalized spacial score (nSPS) is 12.9. The summed E-state index contributed by atoms with van der Waals surface area (Å²) in [7, 11) is 0. The Bertz CT molecular complexity index is 958. The van der Waals surface area contributed by atoms with E-state index < -0.39 is 11.3 Å². The third-order valence-electron chi connectivity index (χ3n) is 5.39. The molecule has 0 bridgehead atoms. The molecular weight excluding hydrogens is 920 g/mol. The third-order valence-corrected chi connectivity index (χ3v) is 14.9. The molecule has 0 N–H and O–H groups in total. The summed E-state index contributed by atoms with van der Waals surface area (Å²) in [6, 6.07) is 40.3. The molecule has 0 saturated carbocycles. The van der Waals surface area contributed by atoms with Crippen LogP contribution in [0.4, 0.5) is 0 Å². The van der Waals surface area contributed by atoms with Crippen molar-refractivity contribution in [3.8, 4) is 0 Å². The summed E-state index contributed by atoms with van der Waals surface area (Å²) in [5.74, 6) is -2.96. The first kappa shape index (κ1) is 35.0. The van der Waals surface area contributed by atoms with Crippen molar-refractivity contribution >= 4 is 59.2 Å². The first-order valence-electron chi connectivity index (χ1n) is 10.1. The second kappa shape index (κ2) is 13.7. The largest absolute Gasteiger partial charge is 0.358 e. The van der Waals surface area contributed by atoms with E-state index in [1.165, 1.54) is 10.6 Å².